The minimum Gasteiger partial charge on any atom is -0.325 e. The second-order valence-corrected chi connectivity index (χ2v) is 6.72. The summed E-state index contributed by atoms with van der Waals surface area (Å²) in [6.45, 7) is 0.384. The SMILES string of the molecule is CSc1ccccc1NC(=O)CCCn1nc(-c2ccncc2)ccc1=O. The molecular weight excluding hydrogens is 360 g/mol. The lowest BCUT2D eigenvalue weighted by atomic mass is 10.2. The number of aryl methyl sites for hydroxylation is 1. The highest BCUT2D eigenvalue weighted by molar-refractivity contribution is 7.98. The van der Waals surface area contributed by atoms with E-state index < -0.39 is 0 Å². The van der Waals surface area contributed by atoms with Crippen LogP contribution in [0.4, 0.5) is 5.69 Å². The molecule has 1 amide bonds. The van der Waals surface area contributed by atoms with E-state index in [1.165, 1.54) is 10.7 Å². The Morgan fingerprint density at radius 3 is 2.67 bits per heavy atom. The van der Waals surface area contributed by atoms with E-state index in [2.05, 4.69) is 15.4 Å². The highest BCUT2D eigenvalue weighted by atomic mass is 32.2. The van der Waals surface area contributed by atoms with Crippen molar-refractivity contribution in [2.75, 3.05) is 11.6 Å². The average molecular weight is 380 g/mol. The molecule has 0 aliphatic heterocycles. The summed E-state index contributed by atoms with van der Waals surface area (Å²) in [4.78, 5) is 29.3. The van der Waals surface area contributed by atoms with Crippen LogP contribution in [-0.4, -0.2) is 26.9 Å². The van der Waals surface area contributed by atoms with Gasteiger partial charge < -0.3 is 5.32 Å². The van der Waals surface area contributed by atoms with Gasteiger partial charge in [-0.1, -0.05) is 12.1 Å². The zero-order chi connectivity index (χ0) is 19.1. The molecule has 138 valence electrons. The third-order valence-corrected chi connectivity index (χ3v) is 4.79. The minimum atomic E-state index is -0.180. The number of para-hydroxylation sites is 1. The number of rotatable bonds is 7. The first-order valence-electron chi connectivity index (χ1n) is 8.59. The van der Waals surface area contributed by atoms with Crippen LogP contribution in [-0.2, 0) is 11.3 Å². The van der Waals surface area contributed by atoms with Crippen molar-refractivity contribution >= 4 is 23.4 Å². The number of nitrogens with zero attached hydrogens (tertiary/aromatic N) is 3. The van der Waals surface area contributed by atoms with Crippen molar-refractivity contribution < 1.29 is 4.79 Å². The summed E-state index contributed by atoms with van der Waals surface area (Å²) in [5.74, 6) is -0.0742. The molecule has 3 rings (SSSR count). The molecule has 0 bridgehead atoms. The van der Waals surface area contributed by atoms with Crippen LogP contribution in [0.25, 0.3) is 11.3 Å². The maximum Gasteiger partial charge on any atom is 0.266 e. The van der Waals surface area contributed by atoms with Crippen LogP contribution in [0, 0.1) is 0 Å². The molecule has 0 saturated carbocycles. The first kappa shape index (κ1) is 18.8. The van der Waals surface area contributed by atoms with E-state index in [1.807, 2.05) is 42.7 Å². The number of hydrogen-bond donors (Lipinski definition) is 1. The minimum absolute atomic E-state index is 0.0742. The van der Waals surface area contributed by atoms with E-state index in [0.717, 1.165) is 16.1 Å². The Morgan fingerprint density at radius 1 is 1.11 bits per heavy atom. The van der Waals surface area contributed by atoms with Gasteiger partial charge in [0, 0.05) is 41.9 Å². The summed E-state index contributed by atoms with van der Waals surface area (Å²) in [5, 5.41) is 7.32. The quantitative estimate of drug-likeness (QED) is 0.635. The van der Waals surface area contributed by atoms with Crippen molar-refractivity contribution in [2.45, 2.75) is 24.3 Å². The maximum absolute atomic E-state index is 12.2. The summed E-state index contributed by atoms with van der Waals surface area (Å²) in [6, 6.07) is 14.6. The van der Waals surface area contributed by atoms with E-state index in [9.17, 15) is 9.59 Å². The molecule has 0 aliphatic carbocycles. The van der Waals surface area contributed by atoms with Gasteiger partial charge in [-0.2, -0.15) is 5.10 Å². The number of carbonyl (C=O) groups excluding carboxylic acids is 1. The van der Waals surface area contributed by atoms with Gasteiger partial charge in [0.05, 0.1) is 11.4 Å². The van der Waals surface area contributed by atoms with Crippen molar-refractivity contribution in [2.24, 2.45) is 0 Å². The van der Waals surface area contributed by atoms with Crippen molar-refractivity contribution in [3.05, 3.63) is 71.3 Å². The number of benzene rings is 1. The van der Waals surface area contributed by atoms with Gasteiger partial charge >= 0.3 is 0 Å². The van der Waals surface area contributed by atoms with Crippen molar-refractivity contribution in [1.82, 2.24) is 14.8 Å². The number of amides is 1. The summed E-state index contributed by atoms with van der Waals surface area (Å²) < 4.78 is 1.40. The molecule has 2 heterocycles. The Labute approximate surface area is 161 Å². The van der Waals surface area contributed by atoms with E-state index >= 15 is 0 Å². The molecule has 0 atom stereocenters. The number of pyridine rings is 1. The van der Waals surface area contributed by atoms with Crippen LogP contribution in [0.5, 0.6) is 0 Å². The van der Waals surface area contributed by atoms with E-state index in [4.69, 9.17) is 0 Å². The van der Waals surface area contributed by atoms with E-state index in [-0.39, 0.29) is 11.5 Å². The normalized spacial score (nSPS) is 10.6. The van der Waals surface area contributed by atoms with Crippen LogP contribution in [0.3, 0.4) is 0 Å². The second-order valence-electron chi connectivity index (χ2n) is 5.87. The molecule has 27 heavy (non-hydrogen) atoms. The average Bonchev–Trinajstić information content (AvgIpc) is 2.70. The monoisotopic (exact) mass is 380 g/mol. The third kappa shape index (κ3) is 5.04. The zero-order valence-electron chi connectivity index (χ0n) is 15.0. The molecule has 0 unspecified atom stereocenters. The number of hydrogen-bond acceptors (Lipinski definition) is 5. The van der Waals surface area contributed by atoms with Gasteiger partial charge in [-0.15, -0.1) is 11.8 Å². The van der Waals surface area contributed by atoms with Crippen LogP contribution >= 0.6 is 11.8 Å². The Balaban J connectivity index is 1.60. The molecule has 1 N–H and O–H groups in total. The van der Waals surface area contributed by atoms with Crippen LogP contribution < -0.4 is 10.9 Å². The number of nitrogens with one attached hydrogen (secondary N) is 1. The smallest absolute Gasteiger partial charge is 0.266 e. The fourth-order valence-electron chi connectivity index (χ4n) is 2.64. The predicted octanol–water partition coefficient (Wildman–Crippen LogP) is 3.45. The van der Waals surface area contributed by atoms with Gasteiger partial charge in [-0.3, -0.25) is 14.6 Å². The summed E-state index contributed by atoms with van der Waals surface area (Å²) in [6.07, 6.45) is 6.18. The van der Waals surface area contributed by atoms with E-state index in [0.29, 0.717) is 25.1 Å². The Bertz CT molecular complexity index is 973. The predicted molar refractivity (Wildman–Crippen MR) is 108 cm³/mol. The van der Waals surface area contributed by atoms with Crippen molar-refractivity contribution in [1.29, 1.82) is 0 Å². The lowest BCUT2D eigenvalue weighted by molar-refractivity contribution is -0.116. The van der Waals surface area contributed by atoms with Gasteiger partial charge in [0.2, 0.25) is 5.91 Å². The van der Waals surface area contributed by atoms with Crippen LogP contribution in [0.1, 0.15) is 12.8 Å². The largest absolute Gasteiger partial charge is 0.325 e. The van der Waals surface area contributed by atoms with Crippen molar-refractivity contribution in [3.63, 3.8) is 0 Å². The van der Waals surface area contributed by atoms with Crippen LogP contribution in [0.2, 0.25) is 0 Å². The summed E-state index contributed by atoms with van der Waals surface area (Å²) >= 11 is 1.58. The number of carbonyl (C=O) groups is 1. The summed E-state index contributed by atoms with van der Waals surface area (Å²) in [7, 11) is 0. The number of anilines is 1. The molecule has 1 aromatic carbocycles. The standard InChI is InChI=1S/C20H20N4O2S/c1-27-18-6-3-2-5-17(18)22-19(25)7-4-14-24-20(26)9-8-16(23-24)15-10-12-21-13-11-15/h2-3,5-6,8-13H,4,7,14H2,1H3,(H,22,25). The molecule has 0 radical (unpaired) electrons. The molecular formula is C20H20N4O2S. The highest BCUT2D eigenvalue weighted by Gasteiger charge is 2.08. The zero-order valence-corrected chi connectivity index (χ0v) is 15.8. The second kappa shape index (κ2) is 9.14. The molecule has 0 aliphatic rings. The Hall–Kier alpha value is -2.93. The Morgan fingerprint density at radius 2 is 1.89 bits per heavy atom. The summed E-state index contributed by atoms with van der Waals surface area (Å²) in [5.41, 5.74) is 2.23. The van der Waals surface area contributed by atoms with E-state index in [1.54, 1.807) is 30.2 Å². The third-order valence-electron chi connectivity index (χ3n) is 4.00. The van der Waals surface area contributed by atoms with Crippen LogP contribution in [0.15, 0.2) is 70.6 Å². The molecule has 7 heteroatoms. The lowest BCUT2D eigenvalue weighted by Crippen LogP contribution is -2.23. The number of thioether (sulfide) groups is 1. The molecule has 6 nitrogen and oxygen atoms in total. The van der Waals surface area contributed by atoms with Gasteiger partial charge in [0.15, 0.2) is 0 Å². The molecule has 3 aromatic rings. The Kier molecular flexibility index (Phi) is 6.38. The van der Waals surface area contributed by atoms with Crippen molar-refractivity contribution in [3.8, 4) is 11.3 Å². The number of aromatic nitrogens is 3. The van der Waals surface area contributed by atoms with Gasteiger partial charge in [0.1, 0.15) is 0 Å². The lowest BCUT2D eigenvalue weighted by Gasteiger charge is -2.10. The first-order valence-corrected chi connectivity index (χ1v) is 9.81. The maximum atomic E-state index is 12.2. The molecule has 2 aromatic heterocycles. The fourth-order valence-corrected chi connectivity index (χ4v) is 3.19. The topological polar surface area (TPSA) is 76.9 Å². The van der Waals surface area contributed by atoms with Gasteiger partial charge in [0.25, 0.3) is 5.56 Å². The highest BCUT2D eigenvalue weighted by Crippen LogP contribution is 2.24. The molecule has 0 saturated heterocycles. The van der Waals surface area contributed by atoms with Gasteiger partial charge in [-0.05, 0) is 43.0 Å². The van der Waals surface area contributed by atoms with Gasteiger partial charge in [-0.25, -0.2) is 4.68 Å². The molecule has 0 spiro atoms. The molecule has 0 fully saturated rings. The first-order chi connectivity index (χ1) is 13.2. The fraction of sp³-hybridized carbons (Fsp3) is 0.200.